The molecule has 0 spiro atoms. The van der Waals surface area contributed by atoms with E-state index in [0.717, 1.165) is 0 Å². The highest BCUT2D eigenvalue weighted by atomic mass is 35.7. The highest BCUT2D eigenvalue weighted by Gasteiger charge is 2.21. The van der Waals surface area contributed by atoms with Gasteiger partial charge in [-0.2, -0.15) is 0 Å². The van der Waals surface area contributed by atoms with Crippen molar-refractivity contribution in [2.75, 3.05) is 0 Å². The van der Waals surface area contributed by atoms with Gasteiger partial charge in [0, 0.05) is 26.8 Å². The third kappa shape index (κ3) is 3.15. The van der Waals surface area contributed by atoms with E-state index in [4.69, 9.17) is 22.3 Å². The predicted octanol–water partition coefficient (Wildman–Crippen LogP) is 3.50. The van der Waals surface area contributed by atoms with Crippen molar-refractivity contribution < 1.29 is 13.2 Å². The molecule has 6 heteroatoms. The number of hydrogen-bond donors (Lipinski definition) is 0. The molecule has 2 aromatic rings. The molecule has 98 valence electrons. The van der Waals surface area contributed by atoms with Gasteiger partial charge < -0.3 is 0 Å². The van der Waals surface area contributed by atoms with Crippen LogP contribution in [0.1, 0.15) is 15.9 Å². The molecule has 0 saturated heterocycles. The molecule has 0 aliphatic carbocycles. The maximum atomic E-state index is 12.3. The fourth-order valence-electron chi connectivity index (χ4n) is 1.63. The van der Waals surface area contributed by atoms with Crippen LogP contribution < -0.4 is 0 Å². The Hall–Kier alpha value is -1.36. The first-order valence-corrected chi connectivity index (χ1v) is 7.92. The minimum Gasteiger partial charge on any atom is -0.289 e. The molecule has 0 atom stereocenters. The summed E-state index contributed by atoms with van der Waals surface area (Å²) < 4.78 is 23.0. The minimum atomic E-state index is -4.04. The molecular weight excluding hydrogens is 307 g/mol. The second-order valence-corrected chi connectivity index (χ2v) is 6.74. The third-order valence-electron chi connectivity index (χ3n) is 2.49. The summed E-state index contributed by atoms with van der Waals surface area (Å²) in [5.74, 6) is -0.420. The lowest BCUT2D eigenvalue weighted by Crippen LogP contribution is -2.07. The Morgan fingerprint density at radius 1 is 1.00 bits per heavy atom. The third-order valence-corrected chi connectivity index (χ3v) is 4.08. The molecule has 0 unspecified atom stereocenters. The second-order valence-electron chi connectivity index (χ2n) is 3.77. The summed E-state index contributed by atoms with van der Waals surface area (Å²) >= 11 is 5.74. The Balaban J connectivity index is 2.61. The van der Waals surface area contributed by atoms with E-state index in [1.54, 1.807) is 30.3 Å². The van der Waals surface area contributed by atoms with Crippen molar-refractivity contribution in [2.24, 2.45) is 0 Å². The molecule has 19 heavy (non-hydrogen) atoms. The van der Waals surface area contributed by atoms with Crippen molar-refractivity contribution in [1.82, 2.24) is 0 Å². The molecule has 0 N–H and O–H groups in total. The van der Waals surface area contributed by atoms with Crippen LogP contribution in [0.3, 0.4) is 0 Å². The van der Waals surface area contributed by atoms with Crippen LogP contribution >= 0.6 is 22.3 Å². The summed E-state index contributed by atoms with van der Waals surface area (Å²) in [6.07, 6.45) is 0. The molecule has 2 rings (SSSR count). The van der Waals surface area contributed by atoms with Crippen molar-refractivity contribution in [2.45, 2.75) is 4.90 Å². The number of carbonyl (C=O) groups is 1. The van der Waals surface area contributed by atoms with Gasteiger partial charge in [-0.05, 0) is 18.2 Å². The summed E-state index contributed by atoms with van der Waals surface area (Å²) in [5.41, 5.74) is 0.386. The SMILES string of the molecule is O=C(c1ccccc1)c1ccc(Cl)cc1S(=O)(=O)Cl. The van der Waals surface area contributed by atoms with Gasteiger partial charge >= 0.3 is 0 Å². The highest BCUT2D eigenvalue weighted by molar-refractivity contribution is 8.13. The van der Waals surface area contributed by atoms with Crippen LogP contribution in [-0.2, 0) is 9.05 Å². The Morgan fingerprint density at radius 2 is 1.63 bits per heavy atom. The van der Waals surface area contributed by atoms with Gasteiger partial charge in [-0.15, -0.1) is 0 Å². The zero-order valence-corrected chi connectivity index (χ0v) is 11.8. The maximum absolute atomic E-state index is 12.3. The molecule has 0 radical (unpaired) electrons. The average Bonchev–Trinajstić information content (AvgIpc) is 2.38. The predicted molar refractivity (Wildman–Crippen MR) is 74.4 cm³/mol. The molecule has 2 aromatic carbocycles. The maximum Gasteiger partial charge on any atom is 0.262 e. The lowest BCUT2D eigenvalue weighted by Gasteiger charge is -2.06. The summed E-state index contributed by atoms with van der Waals surface area (Å²) in [6.45, 7) is 0. The monoisotopic (exact) mass is 314 g/mol. The summed E-state index contributed by atoms with van der Waals surface area (Å²) in [6, 6.07) is 12.3. The van der Waals surface area contributed by atoms with E-state index in [9.17, 15) is 13.2 Å². The highest BCUT2D eigenvalue weighted by Crippen LogP contribution is 2.26. The Kier molecular flexibility index (Phi) is 3.94. The fraction of sp³-hybridized carbons (Fsp3) is 0. The van der Waals surface area contributed by atoms with Crippen molar-refractivity contribution in [1.29, 1.82) is 0 Å². The normalized spacial score (nSPS) is 11.3. The molecule has 0 aliphatic heterocycles. The molecule has 0 aliphatic rings. The van der Waals surface area contributed by atoms with Crippen LogP contribution in [0.4, 0.5) is 0 Å². The van der Waals surface area contributed by atoms with Gasteiger partial charge in [0.25, 0.3) is 9.05 Å². The number of rotatable bonds is 3. The first-order chi connectivity index (χ1) is 8.89. The van der Waals surface area contributed by atoms with Gasteiger partial charge in [0.15, 0.2) is 5.78 Å². The molecule has 0 fully saturated rings. The van der Waals surface area contributed by atoms with Crippen molar-refractivity contribution in [3.8, 4) is 0 Å². The molecule has 0 saturated carbocycles. The van der Waals surface area contributed by atoms with E-state index in [2.05, 4.69) is 0 Å². The first-order valence-electron chi connectivity index (χ1n) is 5.23. The van der Waals surface area contributed by atoms with E-state index in [0.29, 0.717) is 5.56 Å². The van der Waals surface area contributed by atoms with E-state index < -0.39 is 14.8 Å². The quantitative estimate of drug-likeness (QED) is 0.643. The van der Waals surface area contributed by atoms with Gasteiger partial charge in [0.05, 0.1) is 4.90 Å². The topological polar surface area (TPSA) is 51.2 Å². The van der Waals surface area contributed by atoms with Crippen LogP contribution in [-0.4, -0.2) is 14.2 Å². The van der Waals surface area contributed by atoms with Crippen LogP contribution in [0.25, 0.3) is 0 Å². The zero-order valence-electron chi connectivity index (χ0n) is 9.51. The van der Waals surface area contributed by atoms with E-state index in [-0.39, 0.29) is 15.5 Å². The molecule has 0 amide bonds. The van der Waals surface area contributed by atoms with Gasteiger partial charge in [-0.25, -0.2) is 8.42 Å². The van der Waals surface area contributed by atoms with Crippen LogP contribution in [0.2, 0.25) is 5.02 Å². The Labute approximate surface area is 120 Å². The summed E-state index contributed by atoms with van der Waals surface area (Å²) in [4.78, 5) is 12.0. The first kappa shape index (κ1) is 14.1. The van der Waals surface area contributed by atoms with Gasteiger partial charge in [-0.1, -0.05) is 41.9 Å². The molecular formula is C13H8Cl2O3S. The van der Waals surface area contributed by atoms with Gasteiger partial charge in [0.2, 0.25) is 0 Å². The summed E-state index contributed by atoms with van der Waals surface area (Å²) in [7, 11) is 1.29. The minimum absolute atomic E-state index is 0.00519. The number of benzene rings is 2. The molecule has 0 aromatic heterocycles. The van der Waals surface area contributed by atoms with E-state index >= 15 is 0 Å². The standard InChI is InChI=1S/C13H8Cl2O3S/c14-10-6-7-11(12(8-10)19(15,17)18)13(16)9-4-2-1-3-5-9/h1-8H. The number of carbonyl (C=O) groups excluding carboxylic acids is 1. The largest absolute Gasteiger partial charge is 0.289 e. The fourth-order valence-corrected chi connectivity index (χ4v) is 2.94. The van der Waals surface area contributed by atoms with Gasteiger partial charge in [0.1, 0.15) is 0 Å². The van der Waals surface area contributed by atoms with Crippen molar-refractivity contribution in [3.63, 3.8) is 0 Å². The van der Waals surface area contributed by atoms with E-state index in [1.165, 1.54) is 18.2 Å². The summed E-state index contributed by atoms with van der Waals surface area (Å²) in [5, 5.41) is 0.198. The molecule has 3 nitrogen and oxygen atoms in total. The molecule has 0 heterocycles. The van der Waals surface area contributed by atoms with Crippen molar-refractivity contribution >= 4 is 37.1 Å². The average molecular weight is 315 g/mol. The van der Waals surface area contributed by atoms with Gasteiger partial charge in [-0.3, -0.25) is 4.79 Å². The Morgan fingerprint density at radius 3 is 2.21 bits per heavy atom. The lowest BCUT2D eigenvalue weighted by molar-refractivity contribution is 0.103. The van der Waals surface area contributed by atoms with Crippen LogP contribution in [0.5, 0.6) is 0 Å². The zero-order chi connectivity index (χ0) is 14.0. The van der Waals surface area contributed by atoms with E-state index in [1.807, 2.05) is 0 Å². The number of ketones is 1. The van der Waals surface area contributed by atoms with Crippen LogP contribution in [0.15, 0.2) is 53.4 Å². The Bertz CT molecular complexity index is 725. The van der Waals surface area contributed by atoms with Crippen molar-refractivity contribution in [3.05, 3.63) is 64.7 Å². The lowest BCUT2D eigenvalue weighted by atomic mass is 10.0. The smallest absolute Gasteiger partial charge is 0.262 e. The number of halogens is 2. The van der Waals surface area contributed by atoms with Crippen LogP contribution in [0, 0.1) is 0 Å². The molecule has 0 bridgehead atoms. The number of hydrogen-bond acceptors (Lipinski definition) is 3. The second kappa shape index (κ2) is 5.33.